The standard InChI is InChI=1S/C10H19N2O5P/c1-4-9(18(13,14)15)10-8(16-5-2)7-11-12(10)17-6-3/h7,9H,4-6H2,1-3H3,(H2,13,14,15). The zero-order valence-corrected chi connectivity index (χ0v) is 11.6. The van der Waals surface area contributed by atoms with Crippen molar-refractivity contribution in [2.45, 2.75) is 32.9 Å². The SMILES string of the molecule is CCOc1cnn(OCC)c1C(CC)P(=O)(O)O. The van der Waals surface area contributed by atoms with Crippen molar-refractivity contribution in [2.24, 2.45) is 0 Å². The Balaban J connectivity index is 3.23. The van der Waals surface area contributed by atoms with Crippen LogP contribution < -0.4 is 9.57 Å². The molecule has 0 aliphatic carbocycles. The predicted octanol–water partition coefficient (Wildman–Crippen LogP) is 1.36. The third-order valence-corrected chi connectivity index (χ3v) is 3.82. The van der Waals surface area contributed by atoms with Gasteiger partial charge in [-0.1, -0.05) is 11.8 Å². The summed E-state index contributed by atoms with van der Waals surface area (Å²) in [5.74, 6) is 0.348. The molecular weight excluding hydrogens is 259 g/mol. The minimum Gasteiger partial charge on any atom is -0.490 e. The van der Waals surface area contributed by atoms with Gasteiger partial charge in [0.05, 0.1) is 12.8 Å². The van der Waals surface area contributed by atoms with Crippen LogP contribution in [0.1, 0.15) is 38.5 Å². The van der Waals surface area contributed by atoms with Gasteiger partial charge in [-0.15, -0.1) is 5.10 Å². The molecule has 0 aliphatic heterocycles. The third kappa shape index (κ3) is 3.25. The largest absolute Gasteiger partial charge is 0.490 e. The zero-order chi connectivity index (χ0) is 13.8. The van der Waals surface area contributed by atoms with Gasteiger partial charge in [0.25, 0.3) is 0 Å². The van der Waals surface area contributed by atoms with Crippen molar-refractivity contribution in [1.82, 2.24) is 9.94 Å². The molecule has 8 heteroatoms. The van der Waals surface area contributed by atoms with E-state index in [9.17, 15) is 14.4 Å². The Morgan fingerprint density at radius 2 is 2.06 bits per heavy atom. The van der Waals surface area contributed by atoms with Crippen LogP contribution in [0.4, 0.5) is 0 Å². The lowest BCUT2D eigenvalue weighted by atomic mass is 10.2. The number of hydrogen-bond acceptors (Lipinski definition) is 4. The van der Waals surface area contributed by atoms with Crippen LogP contribution in [-0.2, 0) is 4.57 Å². The van der Waals surface area contributed by atoms with Gasteiger partial charge in [-0.05, 0) is 20.3 Å². The first-order valence-corrected chi connectivity index (χ1v) is 7.53. The van der Waals surface area contributed by atoms with Crippen LogP contribution in [0.3, 0.4) is 0 Å². The molecule has 0 radical (unpaired) electrons. The van der Waals surface area contributed by atoms with Crippen molar-refractivity contribution >= 4 is 7.60 Å². The summed E-state index contributed by atoms with van der Waals surface area (Å²) in [6, 6.07) is 0. The molecule has 7 nitrogen and oxygen atoms in total. The van der Waals surface area contributed by atoms with Gasteiger partial charge in [0.1, 0.15) is 18.0 Å². The summed E-state index contributed by atoms with van der Waals surface area (Å²) < 4.78 is 16.9. The zero-order valence-electron chi connectivity index (χ0n) is 10.7. The maximum absolute atomic E-state index is 11.5. The van der Waals surface area contributed by atoms with E-state index in [0.29, 0.717) is 19.0 Å². The number of hydrogen-bond donors (Lipinski definition) is 2. The van der Waals surface area contributed by atoms with E-state index in [1.54, 1.807) is 20.8 Å². The summed E-state index contributed by atoms with van der Waals surface area (Å²) in [6.07, 6.45) is 1.68. The molecule has 104 valence electrons. The average molecular weight is 278 g/mol. The average Bonchev–Trinajstić information content (AvgIpc) is 2.63. The third-order valence-electron chi connectivity index (χ3n) is 2.40. The van der Waals surface area contributed by atoms with E-state index in [1.165, 1.54) is 6.20 Å². The van der Waals surface area contributed by atoms with Crippen LogP contribution in [0.5, 0.6) is 5.75 Å². The molecule has 1 atom stereocenters. The molecule has 0 saturated carbocycles. The number of aromatic nitrogens is 2. The van der Waals surface area contributed by atoms with E-state index in [4.69, 9.17) is 9.57 Å². The molecule has 1 aromatic heterocycles. The lowest BCUT2D eigenvalue weighted by Crippen LogP contribution is -2.18. The second-order valence-corrected chi connectivity index (χ2v) is 5.43. The number of ether oxygens (including phenoxy) is 1. The Hall–Kier alpha value is -1.04. The van der Waals surface area contributed by atoms with Gasteiger partial charge in [0.15, 0.2) is 5.75 Å². The number of nitrogens with zero attached hydrogens (tertiary/aromatic N) is 2. The Labute approximate surface area is 106 Å². The topological polar surface area (TPSA) is 93.8 Å². The van der Waals surface area contributed by atoms with Crippen LogP contribution in [0, 0.1) is 0 Å². The van der Waals surface area contributed by atoms with E-state index < -0.39 is 13.3 Å². The second-order valence-electron chi connectivity index (χ2n) is 3.63. The van der Waals surface area contributed by atoms with Gasteiger partial charge in [0.2, 0.25) is 0 Å². The fraction of sp³-hybridized carbons (Fsp3) is 0.700. The normalized spacial score (nSPS) is 13.4. The Morgan fingerprint density at radius 1 is 1.39 bits per heavy atom. The molecule has 18 heavy (non-hydrogen) atoms. The maximum atomic E-state index is 11.5. The van der Waals surface area contributed by atoms with Gasteiger partial charge in [-0.2, -0.15) is 0 Å². The van der Waals surface area contributed by atoms with Crippen molar-refractivity contribution < 1.29 is 23.9 Å². The highest BCUT2D eigenvalue weighted by atomic mass is 31.2. The predicted molar refractivity (Wildman–Crippen MR) is 65.6 cm³/mol. The van der Waals surface area contributed by atoms with Gasteiger partial charge in [-0.3, -0.25) is 4.57 Å². The monoisotopic (exact) mass is 278 g/mol. The minimum absolute atomic E-state index is 0.267. The lowest BCUT2D eigenvalue weighted by molar-refractivity contribution is 0.0835. The highest BCUT2D eigenvalue weighted by Crippen LogP contribution is 2.55. The summed E-state index contributed by atoms with van der Waals surface area (Å²) in [5, 5.41) is 3.93. The first kappa shape index (κ1) is 15.0. The number of rotatable bonds is 7. The van der Waals surface area contributed by atoms with Crippen LogP contribution in [-0.4, -0.2) is 32.9 Å². The van der Waals surface area contributed by atoms with Crippen LogP contribution in [0.15, 0.2) is 6.20 Å². The molecule has 0 aliphatic rings. The molecule has 0 aromatic carbocycles. The van der Waals surface area contributed by atoms with Gasteiger partial charge in [0, 0.05) is 0 Å². The molecule has 1 heterocycles. The minimum atomic E-state index is -4.29. The van der Waals surface area contributed by atoms with Crippen molar-refractivity contribution in [3.8, 4) is 5.75 Å². The van der Waals surface area contributed by atoms with Crippen LogP contribution in [0.25, 0.3) is 0 Å². The molecule has 0 saturated heterocycles. The summed E-state index contributed by atoms with van der Waals surface area (Å²) in [6.45, 7) is 5.99. The van der Waals surface area contributed by atoms with Gasteiger partial charge in [-0.25, -0.2) is 0 Å². The molecule has 1 unspecified atom stereocenters. The summed E-state index contributed by atoms with van der Waals surface area (Å²) in [5.41, 5.74) is -0.692. The quantitative estimate of drug-likeness (QED) is 0.731. The molecule has 1 rings (SSSR count). The van der Waals surface area contributed by atoms with E-state index in [1.807, 2.05) is 0 Å². The molecule has 1 aromatic rings. The summed E-state index contributed by atoms with van der Waals surface area (Å²) in [7, 11) is -4.29. The lowest BCUT2D eigenvalue weighted by Gasteiger charge is -2.19. The van der Waals surface area contributed by atoms with Crippen molar-refractivity contribution in [3.05, 3.63) is 11.9 Å². The molecule has 0 spiro atoms. The first-order chi connectivity index (χ1) is 8.45. The summed E-state index contributed by atoms with van der Waals surface area (Å²) in [4.78, 5) is 25.1. The second kappa shape index (κ2) is 6.22. The molecule has 0 bridgehead atoms. The van der Waals surface area contributed by atoms with Crippen LogP contribution in [0.2, 0.25) is 0 Å². The van der Waals surface area contributed by atoms with E-state index in [2.05, 4.69) is 5.10 Å². The highest BCUT2D eigenvalue weighted by Gasteiger charge is 2.35. The van der Waals surface area contributed by atoms with Gasteiger partial charge < -0.3 is 19.4 Å². The molecule has 0 fully saturated rings. The molecule has 0 amide bonds. The van der Waals surface area contributed by atoms with Crippen LogP contribution >= 0.6 is 7.60 Å². The highest BCUT2D eigenvalue weighted by molar-refractivity contribution is 7.52. The van der Waals surface area contributed by atoms with E-state index in [-0.39, 0.29) is 12.1 Å². The molecular formula is C10H19N2O5P. The van der Waals surface area contributed by atoms with Gasteiger partial charge >= 0.3 is 7.60 Å². The molecule has 2 N–H and O–H groups in total. The first-order valence-electron chi connectivity index (χ1n) is 5.84. The smallest absolute Gasteiger partial charge is 0.334 e. The Bertz CT molecular complexity index is 404. The fourth-order valence-corrected chi connectivity index (χ4v) is 2.72. The Kier molecular flexibility index (Phi) is 5.19. The van der Waals surface area contributed by atoms with E-state index in [0.717, 1.165) is 4.85 Å². The van der Waals surface area contributed by atoms with Crippen molar-refractivity contribution in [2.75, 3.05) is 13.2 Å². The summed E-state index contributed by atoms with van der Waals surface area (Å²) >= 11 is 0. The Morgan fingerprint density at radius 3 is 2.50 bits per heavy atom. The fourth-order valence-electron chi connectivity index (χ4n) is 1.70. The van der Waals surface area contributed by atoms with Crippen molar-refractivity contribution in [1.29, 1.82) is 0 Å². The van der Waals surface area contributed by atoms with Crippen molar-refractivity contribution in [3.63, 3.8) is 0 Å². The maximum Gasteiger partial charge on any atom is 0.334 e. The van der Waals surface area contributed by atoms with E-state index >= 15 is 0 Å².